The smallest absolute Gasteiger partial charge is 0.404 e. The molecule has 0 aromatic carbocycles. The zero-order chi connectivity index (χ0) is 15.0. The van der Waals surface area contributed by atoms with Gasteiger partial charge in [0.2, 0.25) is 5.91 Å². The number of carboxylic acids is 1. The Hall–Kier alpha value is -1.31. The normalized spacial score (nSPS) is 29.4. The summed E-state index contributed by atoms with van der Waals surface area (Å²) in [5.41, 5.74) is -4.06. The molecule has 1 atom stereocenters. The minimum absolute atomic E-state index is 0.0903. The van der Waals surface area contributed by atoms with Crippen molar-refractivity contribution in [3.63, 3.8) is 0 Å². The van der Waals surface area contributed by atoms with Crippen LogP contribution >= 0.6 is 0 Å². The van der Waals surface area contributed by atoms with E-state index in [0.717, 1.165) is 0 Å². The average molecular weight is 294 g/mol. The molecule has 8 heteroatoms. The van der Waals surface area contributed by atoms with Gasteiger partial charge in [-0.15, -0.1) is 0 Å². The van der Waals surface area contributed by atoms with Crippen molar-refractivity contribution in [1.82, 2.24) is 10.6 Å². The minimum Gasteiger partial charge on any atom is -0.480 e. The van der Waals surface area contributed by atoms with Gasteiger partial charge >= 0.3 is 12.1 Å². The van der Waals surface area contributed by atoms with Gasteiger partial charge in [0.1, 0.15) is 5.54 Å². The first-order chi connectivity index (χ1) is 9.24. The molecule has 20 heavy (non-hydrogen) atoms. The summed E-state index contributed by atoms with van der Waals surface area (Å²) in [4.78, 5) is 23.5. The molecule has 1 unspecified atom stereocenters. The fraction of sp³-hybridized carbons (Fsp3) is 0.833. The number of rotatable bonds is 3. The van der Waals surface area contributed by atoms with Crippen LogP contribution in [0.25, 0.3) is 0 Å². The zero-order valence-corrected chi connectivity index (χ0v) is 10.8. The standard InChI is InChI=1S/C12H17F3N2O3/c13-12(14,15)10(5-6-16-7-10)8(18)17-11(9(19)20)3-1-2-4-11/h16H,1-7H2,(H,17,18)(H,19,20). The summed E-state index contributed by atoms with van der Waals surface area (Å²) in [6.07, 6.45) is -3.53. The number of hydrogen-bond donors (Lipinski definition) is 3. The maximum atomic E-state index is 13.2. The van der Waals surface area contributed by atoms with Gasteiger partial charge in [-0.2, -0.15) is 13.2 Å². The lowest BCUT2D eigenvalue weighted by molar-refractivity contribution is -0.217. The van der Waals surface area contributed by atoms with Crippen molar-refractivity contribution in [3.05, 3.63) is 0 Å². The van der Waals surface area contributed by atoms with Gasteiger partial charge in [0.05, 0.1) is 0 Å². The van der Waals surface area contributed by atoms with Crippen LogP contribution < -0.4 is 10.6 Å². The van der Waals surface area contributed by atoms with Crippen molar-refractivity contribution >= 4 is 11.9 Å². The molecule has 1 amide bonds. The zero-order valence-electron chi connectivity index (χ0n) is 10.8. The molecule has 1 saturated carbocycles. The Morgan fingerprint density at radius 1 is 1.15 bits per heavy atom. The average Bonchev–Trinajstić information content (AvgIpc) is 2.97. The number of nitrogens with one attached hydrogen (secondary N) is 2. The molecule has 2 fully saturated rings. The monoisotopic (exact) mass is 294 g/mol. The Kier molecular flexibility index (Phi) is 3.70. The van der Waals surface area contributed by atoms with E-state index in [2.05, 4.69) is 10.6 Å². The van der Waals surface area contributed by atoms with Gasteiger partial charge in [-0.05, 0) is 25.8 Å². The van der Waals surface area contributed by atoms with Gasteiger partial charge < -0.3 is 15.7 Å². The second-order valence-corrected chi connectivity index (χ2v) is 5.56. The highest BCUT2D eigenvalue weighted by molar-refractivity contribution is 5.91. The van der Waals surface area contributed by atoms with Crippen molar-refractivity contribution < 1.29 is 27.9 Å². The summed E-state index contributed by atoms with van der Waals surface area (Å²) in [7, 11) is 0. The third kappa shape index (κ3) is 2.25. The fourth-order valence-electron chi connectivity index (χ4n) is 2.96. The van der Waals surface area contributed by atoms with Gasteiger partial charge in [-0.3, -0.25) is 4.79 Å². The van der Waals surface area contributed by atoms with Crippen LogP contribution in [0.3, 0.4) is 0 Å². The highest BCUT2D eigenvalue weighted by Crippen LogP contribution is 2.44. The van der Waals surface area contributed by atoms with Crippen molar-refractivity contribution in [2.75, 3.05) is 13.1 Å². The molecule has 114 valence electrons. The van der Waals surface area contributed by atoms with E-state index >= 15 is 0 Å². The molecule has 5 nitrogen and oxygen atoms in total. The molecule has 0 aromatic rings. The lowest BCUT2D eigenvalue weighted by Crippen LogP contribution is -2.60. The Labute approximate surface area is 113 Å². The number of carboxylic acid groups (broad SMARTS) is 1. The summed E-state index contributed by atoms with van der Waals surface area (Å²) < 4.78 is 39.7. The van der Waals surface area contributed by atoms with E-state index in [0.29, 0.717) is 12.8 Å². The number of alkyl halides is 3. The van der Waals surface area contributed by atoms with Gasteiger partial charge in [-0.25, -0.2) is 4.79 Å². The van der Waals surface area contributed by atoms with Gasteiger partial charge in [0, 0.05) is 6.54 Å². The number of amides is 1. The third-order valence-corrected chi connectivity index (χ3v) is 4.35. The molecule has 2 rings (SSSR count). The van der Waals surface area contributed by atoms with E-state index in [9.17, 15) is 27.9 Å². The molecular formula is C12H17F3N2O3. The molecule has 0 aromatic heterocycles. The maximum absolute atomic E-state index is 13.2. The number of hydrogen-bond acceptors (Lipinski definition) is 3. The first-order valence-electron chi connectivity index (χ1n) is 6.57. The largest absolute Gasteiger partial charge is 0.480 e. The van der Waals surface area contributed by atoms with Crippen molar-refractivity contribution in [1.29, 1.82) is 0 Å². The molecule has 0 spiro atoms. The molecular weight excluding hydrogens is 277 g/mol. The Morgan fingerprint density at radius 3 is 2.15 bits per heavy atom. The van der Waals surface area contributed by atoms with Gasteiger partial charge in [0.15, 0.2) is 5.41 Å². The van der Waals surface area contributed by atoms with Crippen molar-refractivity contribution in [2.45, 2.75) is 43.8 Å². The lowest BCUT2D eigenvalue weighted by Gasteiger charge is -2.34. The van der Waals surface area contributed by atoms with Crippen molar-refractivity contribution in [2.24, 2.45) is 5.41 Å². The molecule has 1 saturated heterocycles. The summed E-state index contributed by atoms with van der Waals surface area (Å²) in [6.45, 7) is -0.412. The second-order valence-electron chi connectivity index (χ2n) is 5.56. The predicted molar refractivity (Wildman–Crippen MR) is 63.0 cm³/mol. The summed E-state index contributed by atoms with van der Waals surface area (Å²) in [6, 6.07) is 0. The van der Waals surface area contributed by atoms with Crippen LogP contribution in [0.4, 0.5) is 13.2 Å². The highest BCUT2D eigenvalue weighted by atomic mass is 19.4. The Balaban J connectivity index is 2.23. The Bertz CT molecular complexity index is 411. The van der Waals surface area contributed by atoms with Crippen molar-refractivity contribution in [3.8, 4) is 0 Å². The quantitative estimate of drug-likeness (QED) is 0.727. The van der Waals surface area contributed by atoms with Crippen LogP contribution in [0.5, 0.6) is 0 Å². The van der Waals surface area contributed by atoms with E-state index in [-0.39, 0.29) is 25.8 Å². The van der Waals surface area contributed by atoms with Gasteiger partial charge in [-0.1, -0.05) is 12.8 Å². The predicted octanol–water partition coefficient (Wildman–Crippen LogP) is 1.04. The first kappa shape index (κ1) is 15.1. The molecule has 0 bridgehead atoms. The van der Waals surface area contributed by atoms with E-state index < -0.39 is 35.6 Å². The number of carbonyl (C=O) groups excluding carboxylic acids is 1. The molecule has 1 aliphatic carbocycles. The van der Waals surface area contributed by atoms with Crippen LogP contribution in [-0.2, 0) is 9.59 Å². The first-order valence-corrected chi connectivity index (χ1v) is 6.57. The van der Waals surface area contributed by atoms with E-state index in [1.54, 1.807) is 0 Å². The number of halogens is 3. The van der Waals surface area contributed by atoms with Crippen LogP contribution in [0.15, 0.2) is 0 Å². The lowest BCUT2D eigenvalue weighted by atomic mass is 9.83. The number of aliphatic carboxylic acids is 1. The molecule has 2 aliphatic rings. The summed E-state index contributed by atoms with van der Waals surface area (Å²) >= 11 is 0. The molecule has 3 N–H and O–H groups in total. The van der Waals surface area contributed by atoms with Crippen LogP contribution in [-0.4, -0.2) is 41.8 Å². The number of carbonyl (C=O) groups is 2. The molecule has 1 aliphatic heterocycles. The van der Waals surface area contributed by atoms with E-state index in [1.165, 1.54) is 0 Å². The SMILES string of the molecule is O=C(O)C1(NC(=O)C2(C(F)(F)F)CCNC2)CCCC1. The van der Waals surface area contributed by atoms with Crippen LogP contribution in [0.1, 0.15) is 32.1 Å². The maximum Gasteiger partial charge on any atom is 0.404 e. The van der Waals surface area contributed by atoms with Gasteiger partial charge in [0.25, 0.3) is 0 Å². The second kappa shape index (κ2) is 4.91. The minimum atomic E-state index is -4.70. The van der Waals surface area contributed by atoms with E-state index in [4.69, 9.17) is 0 Å². The summed E-state index contributed by atoms with van der Waals surface area (Å²) in [5.74, 6) is -2.48. The summed E-state index contributed by atoms with van der Waals surface area (Å²) in [5, 5.41) is 14.0. The Morgan fingerprint density at radius 2 is 1.75 bits per heavy atom. The van der Waals surface area contributed by atoms with E-state index in [1.807, 2.05) is 0 Å². The topological polar surface area (TPSA) is 78.4 Å². The highest BCUT2D eigenvalue weighted by Gasteiger charge is 2.62. The van der Waals surface area contributed by atoms with Crippen LogP contribution in [0, 0.1) is 5.41 Å². The fourth-order valence-corrected chi connectivity index (χ4v) is 2.96. The van der Waals surface area contributed by atoms with Crippen LogP contribution in [0.2, 0.25) is 0 Å². The third-order valence-electron chi connectivity index (χ3n) is 4.35. The molecule has 1 heterocycles. The molecule has 0 radical (unpaired) electrons.